The fraction of sp³-hybridized carbons (Fsp3) is 0.111. The van der Waals surface area contributed by atoms with Gasteiger partial charge in [-0.15, -0.1) is 11.3 Å². The Bertz CT molecular complexity index is 918. The second kappa shape index (κ2) is 6.83. The molecule has 24 heavy (non-hydrogen) atoms. The normalized spacial score (nSPS) is 12.1. The van der Waals surface area contributed by atoms with Crippen LogP contribution in [0.1, 0.15) is 27.0 Å². The van der Waals surface area contributed by atoms with Gasteiger partial charge in [-0.25, -0.2) is 9.18 Å². The van der Waals surface area contributed by atoms with Crippen molar-refractivity contribution in [1.29, 1.82) is 0 Å². The molecule has 122 valence electrons. The molecule has 0 N–H and O–H groups in total. The molecular weight excluding hydrogens is 395 g/mol. The van der Waals surface area contributed by atoms with Gasteiger partial charge in [0.05, 0.1) is 0 Å². The second-order valence-corrected chi connectivity index (χ2v) is 7.21. The fourth-order valence-electron chi connectivity index (χ4n) is 2.24. The van der Waals surface area contributed by atoms with Gasteiger partial charge in [0.1, 0.15) is 10.7 Å². The Kier molecular flexibility index (Phi) is 4.78. The van der Waals surface area contributed by atoms with Crippen LogP contribution in [0.25, 0.3) is 10.1 Å². The number of halogens is 2. The molecule has 1 heterocycles. The monoisotopic (exact) mass is 406 g/mol. The first-order valence-electron chi connectivity index (χ1n) is 7.14. The van der Waals surface area contributed by atoms with Gasteiger partial charge in [-0.1, -0.05) is 28.1 Å². The molecule has 3 nitrogen and oxygen atoms in total. The molecule has 0 spiro atoms. The average molecular weight is 407 g/mol. The van der Waals surface area contributed by atoms with Gasteiger partial charge in [0, 0.05) is 14.7 Å². The number of hydrogen-bond donors (Lipinski definition) is 0. The third kappa shape index (κ3) is 3.55. The van der Waals surface area contributed by atoms with Crippen LogP contribution >= 0.6 is 27.3 Å². The van der Waals surface area contributed by atoms with Gasteiger partial charge in [-0.3, -0.25) is 4.79 Å². The Morgan fingerprint density at radius 1 is 1.12 bits per heavy atom. The topological polar surface area (TPSA) is 43.4 Å². The van der Waals surface area contributed by atoms with E-state index in [1.54, 1.807) is 36.4 Å². The van der Waals surface area contributed by atoms with Crippen LogP contribution in [0.5, 0.6) is 0 Å². The van der Waals surface area contributed by atoms with E-state index in [0.717, 1.165) is 9.17 Å². The molecule has 0 fully saturated rings. The van der Waals surface area contributed by atoms with Crippen LogP contribution in [0.4, 0.5) is 4.39 Å². The molecule has 2 aromatic carbocycles. The number of thiophene rings is 1. The van der Waals surface area contributed by atoms with Crippen LogP contribution in [0.3, 0.4) is 0 Å². The molecule has 0 aliphatic heterocycles. The van der Waals surface area contributed by atoms with Gasteiger partial charge in [0.2, 0.25) is 5.78 Å². The summed E-state index contributed by atoms with van der Waals surface area (Å²) in [5.41, 5.74) is 0.469. The highest BCUT2D eigenvalue weighted by atomic mass is 79.9. The molecule has 3 rings (SSSR count). The zero-order valence-electron chi connectivity index (χ0n) is 12.6. The van der Waals surface area contributed by atoms with Crippen LogP contribution in [0.2, 0.25) is 0 Å². The van der Waals surface area contributed by atoms with E-state index in [9.17, 15) is 14.0 Å². The van der Waals surface area contributed by atoms with Crippen LogP contribution in [-0.2, 0) is 4.74 Å². The van der Waals surface area contributed by atoms with E-state index in [2.05, 4.69) is 15.9 Å². The zero-order chi connectivity index (χ0) is 17.3. The van der Waals surface area contributed by atoms with Crippen LogP contribution in [0, 0.1) is 5.82 Å². The average Bonchev–Trinajstić information content (AvgIpc) is 2.98. The summed E-state index contributed by atoms with van der Waals surface area (Å²) < 4.78 is 20.1. The molecular formula is C18H12BrFO3S. The summed E-state index contributed by atoms with van der Waals surface area (Å²) in [6, 6.07) is 12.7. The van der Waals surface area contributed by atoms with Gasteiger partial charge in [0.15, 0.2) is 6.10 Å². The molecule has 0 amide bonds. The number of Topliss-reactive ketones (excluding diaryl/α,β-unsaturated/α-hetero) is 1. The molecule has 1 atom stereocenters. The molecule has 0 aliphatic rings. The smallest absolute Gasteiger partial charge is 0.349 e. The number of ether oxygens (including phenoxy) is 1. The van der Waals surface area contributed by atoms with Gasteiger partial charge >= 0.3 is 5.97 Å². The summed E-state index contributed by atoms with van der Waals surface area (Å²) in [5.74, 6) is -1.23. The van der Waals surface area contributed by atoms with E-state index in [1.807, 2.05) is 0 Å². The predicted molar refractivity (Wildman–Crippen MR) is 95.1 cm³/mol. The number of esters is 1. The molecule has 1 aromatic heterocycles. The van der Waals surface area contributed by atoms with Crippen LogP contribution in [-0.4, -0.2) is 17.9 Å². The predicted octanol–water partition coefficient (Wildman–Crippen LogP) is 5.23. The number of carbonyl (C=O) groups is 2. The summed E-state index contributed by atoms with van der Waals surface area (Å²) in [4.78, 5) is 24.9. The van der Waals surface area contributed by atoms with E-state index in [1.165, 1.54) is 30.4 Å². The van der Waals surface area contributed by atoms with Crippen molar-refractivity contribution in [1.82, 2.24) is 0 Å². The van der Waals surface area contributed by atoms with E-state index in [4.69, 9.17) is 4.74 Å². The quantitative estimate of drug-likeness (QED) is 0.439. The number of benzene rings is 2. The van der Waals surface area contributed by atoms with Gasteiger partial charge in [-0.2, -0.15) is 0 Å². The van der Waals surface area contributed by atoms with E-state index in [-0.39, 0.29) is 11.6 Å². The number of rotatable bonds is 4. The molecule has 0 aliphatic carbocycles. The SMILES string of the molecule is C[C@H](OC(=O)c1cc2cc(F)ccc2s1)C(=O)c1ccc(Br)cc1. The first-order valence-corrected chi connectivity index (χ1v) is 8.75. The lowest BCUT2D eigenvalue weighted by Crippen LogP contribution is -2.24. The van der Waals surface area contributed by atoms with Crippen molar-refractivity contribution >= 4 is 49.1 Å². The maximum absolute atomic E-state index is 13.2. The Labute approximate surface area is 150 Å². The Hall–Kier alpha value is -2.05. The third-order valence-corrected chi connectivity index (χ3v) is 5.09. The van der Waals surface area contributed by atoms with Crippen molar-refractivity contribution in [3.63, 3.8) is 0 Å². The highest BCUT2D eigenvalue weighted by Gasteiger charge is 2.21. The maximum Gasteiger partial charge on any atom is 0.349 e. The lowest BCUT2D eigenvalue weighted by atomic mass is 10.1. The summed E-state index contributed by atoms with van der Waals surface area (Å²) in [6.07, 6.45) is -0.902. The number of ketones is 1. The number of fused-ring (bicyclic) bond motifs is 1. The Morgan fingerprint density at radius 2 is 1.83 bits per heavy atom. The summed E-state index contributed by atoms with van der Waals surface area (Å²) in [6.45, 7) is 1.54. The second-order valence-electron chi connectivity index (χ2n) is 5.21. The minimum atomic E-state index is -0.902. The van der Waals surface area contributed by atoms with E-state index >= 15 is 0 Å². The summed E-state index contributed by atoms with van der Waals surface area (Å²) in [5, 5.41) is 0.638. The van der Waals surface area contributed by atoms with Crippen molar-refractivity contribution in [2.45, 2.75) is 13.0 Å². The molecule has 0 bridgehead atoms. The molecule has 0 saturated carbocycles. The molecule has 0 unspecified atom stereocenters. The first kappa shape index (κ1) is 16.8. The first-order chi connectivity index (χ1) is 11.4. The van der Waals surface area contributed by atoms with Crippen molar-refractivity contribution in [3.8, 4) is 0 Å². The Morgan fingerprint density at radius 3 is 2.54 bits per heavy atom. The Balaban J connectivity index is 1.75. The summed E-state index contributed by atoms with van der Waals surface area (Å²) in [7, 11) is 0. The van der Waals surface area contributed by atoms with Gasteiger partial charge in [-0.05, 0) is 48.7 Å². The fourth-order valence-corrected chi connectivity index (χ4v) is 3.43. The standard InChI is InChI=1S/C18H12BrFO3S/c1-10(17(21)11-2-4-13(19)5-3-11)23-18(22)16-9-12-8-14(20)6-7-15(12)24-16/h2-10H,1H3/t10-/m0/s1. The highest BCUT2D eigenvalue weighted by molar-refractivity contribution is 9.10. The molecule has 0 radical (unpaired) electrons. The lowest BCUT2D eigenvalue weighted by Gasteiger charge is -2.11. The molecule has 3 aromatic rings. The van der Waals surface area contributed by atoms with E-state index < -0.39 is 12.1 Å². The van der Waals surface area contributed by atoms with Crippen LogP contribution in [0.15, 0.2) is 53.0 Å². The van der Waals surface area contributed by atoms with E-state index in [0.29, 0.717) is 15.8 Å². The number of carbonyl (C=O) groups excluding carboxylic acids is 2. The lowest BCUT2D eigenvalue weighted by molar-refractivity contribution is 0.0323. The minimum absolute atomic E-state index is 0.275. The maximum atomic E-state index is 13.2. The third-order valence-electron chi connectivity index (χ3n) is 3.46. The largest absolute Gasteiger partial charge is 0.450 e. The number of hydrogen-bond acceptors (Lipinski definition) is 4. The van der Waals surface area contributed by atoms with Crippen molar-refractivity contribution in [3.05, 3.63) is 69.3 Å². The molecule has 6 heteroatoms. The van der Waals surface area contributed by atoms with Crippen molar-refractivity contribution in [2.24, 2.45) is 0 Å². The van der Waals surface area contributed by atoms with Gasteiger partial charge in [0.25, 0.3) is 0 Å². The van der Waals surface area contributed by atoms with Crippen molar-refractivity contribution < 1.29 is 18.7 Å². The minimum Gasteiger partial charge on any atom is -0.450 e. The zero-order valence-corrected chi connectivity index (χ0v) is 15.0. The summed E-state index contributed by atoms with van der Waals surface area (Å²) >= 11 is 4.51. The highest BCUT2D eigenvalue weighted by Crippen LogP contribution is 2.27. The van der Waals surface area contributed by atoms with Crippen molar-refractivity contribution in [2.75, 3.05) is 0 Å². The molecule has 0 saturated heterocycles. The van der Waals surface area contributed by atoms with Gasteiger partial charge < -0.3 is 4.74 Å². The van der Waals surface area contributed by atoms with Crippen LogP contribution < -0.4 is 0 Å².